The second-order valence-corrected chi connectivity index (χ2v) is 5.77. The summed E-state index contributed by atoms with van der Waals surface area (Å²) in [5.41, 5.74) is 0. The van der Waals surface area contributed by atoms with Crippen molar-refractivity contribution in [2.24, 2.45) is 0 Å². The van der Waals surface area contributed by atoms with E-state index in [0.29, 0.717) is 12.8 Å². The van der Waals surface area contributed by atoms with Gasteiger partial charge in [-0.25, -0.2) is 13.1 Å². The van der Waals surface area contributed by atoms with Gasteiger partial charge in [0.1, 0.15) is 0 Å². The van der Waals surface area contributed by atoms with E-state index < -0.39 is 16.1 Å². The molecule has 1 rings (SSSR count). The van der Waals surface area contributed by atoms with E-state index in [2.05, 4.69) is 4.72 Å². The number of sulfonamides is 1. The fourth-order valence-corrected chi connectivity index (χ4v) is 3.20. The zero-order valence-electron chi connectivity index (χ0n) is 8.57. The van der Waals surface area contributed by atoms with Gasteiger partial charge >= 0.3 is 0 Å². The average molecular weight is 221 g/mol. The minimum atomic E-state index is -3.17. The molecule has 2 N–H and O–H groups in total. The van der Waals surface area contributed by atoms with Crippen LogP contribution in [0.15, 0.2) is 0 Å². The van der Waals surface area contributed by atoms with Gasteiger partial charge in [0.15, 0.2) is 0 Å². The first-order valence-electron chi connectivity index (χ1n) is 5.23. The highest BCUT2D eigenvalue weighted by molar-refractivity contribution is 7.89. The molecule has 0 aromatic rings. The summed E-state index contributed by atoms with van der Waals surface area (Å²) in [5.74, 6) is 0.149. The Labute approximate surface area is 85.8 Å². The van der Waals surface area contributed by atoms with Crippen molar-refractivity contribution in [1.29, 1.82) is 0 Å². The van der Waals surface area contributed by atoms with E-state index in [9.17, 15) is 13.5 Å². The van der Waals surface area contributed by atoms with Crippen molar-refractivity contribution in [2.75, 3.05) is 5.75 Å². The first-order valence-corrected chi connectivity index (χ1v) is 6.88. The van der Waals surface area contributed by atoms with E-state index in [1.54, 1.807) is 0 Å². The summed E-state index contributed by atoms with van der Waals surface area (Å²) in [7, 11) is -3.17. The Morgan fingerprint density at radius 3 is 2.57 bits per heavy atom. The maximum atomic E-state index is 11.4. The van der Waals surface area contributed by atoms with Crippen LogP contribution in [-0.4, -0.2) is 31.4 Å². The van der Waals surface area contributed by atoms with E-state index in [1.165, 1.54) is 0 Å². The van der Waals surface area contributed by atoms with Crippen molar-refractivity contribution in [3.05, 3.63) is 0 Å². The number of aliphatic hydroxyl groups excluding tert-OH is 1. The average Bonchev–Trinajstić information content (AvgIpc) is 2.08. The van der Waals surface area contributed by atoms with Crippen molar-refractivity contribution in [3.8, 4) is 0 Å². The van der Waals surface area contributed by atoms with Gasteiger partial charge in [-0.05, 0) is 19.3 Å². The van der Waals surface area contributed by atoms with Crippen LogP contribution >= 0.6 is 0 Å². The SMILES string of the molecule is CCCS(=O)(=O)N[C@H]1CCCC[C@@H]1O. The van der Waals surface area contributed by atoms with Crippen LogP contribution in [0.5, 0.6) is 0 Å². The molecule has 1 aliphatic rings. The van der Waals surface area contributed by atoms with Gasteiger partial charge < -0.3 is 5.11 Å². The summed E-state index contributed by atoms with van der Waals surface area (Å²) < 4.78 is 25.4. The Morgan fingerprint density at radius 1 is 1.36 bits per heavy atom. The summed E-state index contributed by atoms with van der Waals surface area (Å²) in [6.45, 7) is 1.83. The summed E-state index contributed by atoms with van der Waals surface area (Å²) in [6, 6.07) is -0.264. The highest BCUT2D eigenvalue weighted by Gasteiger charge is 2.26. The van der Waals surface area contributed by atoms with Crippen LogP contribution < -0.4 is 4.72 Å². The molecule has 14 heavy (non-hydrogen) atoms. The molecule has 0 aromatic heterocycles. The second kappa shape index (κ2) is 5.09. The molecule has 0 unspecified atom stereocenters. The molecule has 0 aliphatic heterocycles. The Hall–Kier alpha value is -0.130. The minimum absolute atomic E-state index is 0.149. The molecule has 0 aromatic carbocycles. The van der Waals surface area contributed by atoms with Crippen molar-refractivity contribution in [1.82, 2.24) is 4.72 Å². The van der Waals surface area contributed by atoms with Crippen LogP contribution in [0.3, 0.4) is 0 Å². The van der Waals surface area contributed by atoms with Gasteiger partial charge in [0, 0.05) is 6.04 Å². The largest absolute Gasteiger partial charge is 0.391 e. The van der Waals surface area contributed by atoms with Crippen molar-refractivity contribution in [2.45, 2.75) is 51.2 Å². The molecule has 1 saturated carbocycles. The lowest BCUT2D eigenvalue weighted by atomic mass is 9.93. The molecule has 0 amide bonds. The quantitative estimate of drug-likeness (QED) is 0.731. The normalized spacial score (nSPS) is 29.0. The minimum Gasteiger partial charge on any atom is -0.391 e. The third kappa shape index (κ3) is 3.55. The maximum absolute atomic E-state index is 11.4. The first-order chi connectivity index (χ1) is 6.55. The van der Waals surface area contributed by atoms with Crippen LogP contribution in [0.4, 0.5) is 0 Å². The number of hydrogen-bond donors (Lipinski definition) is 2. The molecule has 2 atom stereocenters. The predicted molar refractivity (Wildman–Crippen MR) is 55.5 cm³/mol. The van der Waals surface area contributed by atoms with E-state index >= 15 is 0 Å². The van der Waals surface area contributed by atoms with E-state index in [-0.39, 0.29) is 11.8 Å². The summed E-state index contributed by atoms with van der Waals surface area (Å²) in [4.78, 5) is 0. The third-order valence-electron chi connectivity index (χ3n) is 2.53. The van der Waals surface area contributed by atoms with E-state index in [0.717, 1.165) is 19.3 Å². The Kier molecular flexibility index (Phi) is 4.34. The molecule has 84 valence electrons. The van der Waals surface area contributed by atoms with Gasteiger partial charge in [-0.3, -0.25) is 0 Å². The van der Waals surface area contributed by atoms with Crippen LogP contribution in [0.25, 0.3) is 0 Å². The van der Waals surface area contributed by atoms with Gasteiger partial charge in [-0.2, -0.15) is 0 Å². The predicted octanol–water partition coefficient (Wildman–Crippen LogP) is 0.619. The molecule has 1 fully saturated rings. The smallest absolute Gasteiger partial charge is 0.211 e. The lowest BCUT2D eigenvalue weighted by Crippen LogP contribution is -2.45. The van der Waals surface area contributed by atoms with Gasteiger partial charge in [-0.1, -0.05) is 19.8 Å². The Bertz CT molecular complexity index is 263. The topological polar surface area (TPSA) is 66.4 Å². The molecule has 0 bridgehead atoms. The van der Waals surface area contributed by atoms with Gasteiger partial charge in [0.2, 0.25) is 10.0 Å². The summed E-state index contributed by atoms with van der Waals surface area (Å²) >= 11 is 0. The molecule has 1 aliphatic carbocycles. The molecule has 0 spiro atoms. The number of aliphatic hydroxyl groups is 1. The van der Waals surface area contributed by atoms with Crippen LogP contribution in [0, 0.1) is 0 Å². The highest BCUT2D eigenvalue weighted by Crippen LogP contribution is 2.18. The lowest BCUT2D eigenvalue weighted by Gasteiger charge is -2.27. The Morgan fingerprint density at radius 2 is 2.00 bits per heavy atom. The van der Waals surface area contributed by atoms with Crippen molar-refractivity contribution < 1.29 is 13.5 Å². The Balaban J connectivity index is 2.49. The van der Waals surface area contributed by atoms with Crippen molar-refractivity contribution >= 4 is 10.0 Å². The molecule has 4 nitrogen and oxygen atoms in total. The molecular formula is C9H19NO3S. The van der Waals surface area contributed by atoms with Gasteiger partial charge in [0.05, 0.1) is 11.9 Å². The van der Waals surface area contributed by atoms with Gasteiger partial charge in [-0.15, -0.1) is 0 Å². The van der Waals surface area contributed by atoms with E-state index in [1.807, 2.05) is 6.92 Å². The van der Waals surface area contributed by atoms with Crippen LogP contribution in [0.2, 0.25) is 0 Å². The van der Waals surface area contributed by atoms with Crippen LogP contribution in [-0.2, 0) is 10.0 Å². The zero-order valence-corrected chi connectivity index (χ0v) is 9.39. The van der Waals surface area contributed by atoms with Gasteiger partial charge in [0.25, 0.3) is 0 Å². The number of hydrogen-bond acceptors (Lipinski definition) is 3. The lowest BCUT2D eigenvalue weighted by molar-refractivity contribution is 0.101. The standard InChI is InChI=1S/C9H19NO3S/c1-2-7-14(12,13)10-8-5-3-4-6-9(8)11/h8-11H,2-7H2,1H3/t8-,9-/m0/s1. The van der Waals surface area contributed by atoms with Crippen LogP contribution in [0.1, 0.15) is 39.0 Å². The monoisotopic (exact) mass is 221 g/mol. The summed E-state index contributed by atoms with van der Waals surface area (Å²) in [6.07, 6.45) is 3.56. The van der Waals surface area contributed by atoms with E-state index in [4.69, 9.17) is 0 Å². The second-order valence-electron chi connectivity index (χ2n) is 3.90. The first kappa shape index (κ1) is 11.9. The fourth-order valence-electron chi connectivity index (χ4n) is 1.81. The zero-order chi connectivity index (χ0) is 10.6. The number of nitrogens with one attached hydrogen (secondary N) is 1. The molecule has 0 radical (unpaired) electrons. The number of rotatable bonds is 4. The third-order valence-corrected chi connectivity index (χ3v) is 4.14. The fraction of sp³-hybridized carbons (Fsp3) is 1.00. The summed E-state index contributed by atoms with van der Waals surface area (Å²) in [5, 5.41) is 9.57. The maximum Gasteiger partial charge on any atom is 0.211 e. The molecule has 0 heterocycles. The van der Waals surface area contributed by atoms with Crippen molar-refractivity contribution in [3.63, 3.8) is 0 Å². The molecule has 5 heteroatoms. The molecule has 0 saturated heterocycles. The highest BCUT2D eigenvalue weighted by atomic mass is 32.2. The molecular weight excluding hydrogens is 202 g/mol.